The van der Waals surface area contributed by atoms with Gasteiger partial charge < -0.3 is 39.5 Å². The molecule has 0 aromatic rings. The molecule has 13 unspecified atom stereocenters. The van der Waals surface area contributed by atoms with E-state index in [0.29, 0.717) is 50.0 Å². The van der Waals surface area contributed by atoms with Crippen molar-refractivity contribution in [1.82, 2.24) is 25.3 Å². The summed E-state index contributed by atoms with van der Waals surface area (Å²) in [5.41, 5.74) is -0.493. The predicted octanol–water partition coefficient (Wildman–Crippen LogP) is 3.55. The highest BCUT2D eigenvalue weighted by Crippen LogP contribution is 2.52. The molecule has 278 valence electrons. The third-order valence-corrected chi connectivity index (χ3v) is 13.4. The summed E-state index contributed by atoms with van der Waals surface area (Å²) in [4.78, 5) is 47.2. The third kappa shape index (κ3) is 6.49. The first-order chi connectivity index (χ1) is 23.9. The predicted molar refractivity (Wildman–Crippen MR) is 184 cm³/mol. The first-order valence-electron chi connectivity index (χ1n) is 19.7. The molecule has 11 nitrogen and oxygen atoms in total. The number of hydrogen-bond donors (Lipinski definition) is 2. The van der Waals surface area contributed by atoms with Crippen molar-refractivity contribution in [2.45, 2.75) is 158 Å². The standard InChI is InChI=1S/C38H58FN5O6/c1-38(2,3)50-37(47)41-21-12-15-43(19-21)36(46)26-20-44-28-18-30-24(23-9-5-6-10-29(23)48-30)17-31(28)49-35-32(27(39)16-25(33(35)44)34(26)45)40-13-11-22-8-7-14-42(22)4/h20-25,27-33,35,40H,5-19H2,1-4H3,(H,41,47). The summed E-state index contributed by atoms with van der Waals surface area (Å²) in [6.45, 7) is 7.96. The molecule has 13 atom stereocenters. The molecule has 8 rings (SSSR count). The molecule has 3 saturated carbocycles. The van der Waals surface area contributed by atoms with Gasteiger partial charge in [0.2, 0.25) is 0 Å². The van der Waals surface area contributed by atoms with Crippen LogP contribution in [-0.4, -0.2) is 132 Å². The van der Waals surface area contributed by atoms with Crippen LogP contribution in [0.25, 0.3) is 0 Å². The molecular formula is C38H58FN5O6. The molecule has 7 fully saturated rings. The number of carbonyl (C=O) groups excluding carboxylic acids is 3. The molecular weight excluding hydrogens is 641 g/mol. The van der Waals surface area contributed by atoms with Gasteiger partial charge in [-0.1, -0.05) is 12.8 Å². The van der Waals surface area contributed by atoms with E-state index in [2.05, 4.69) is 27.5 Å². The number of ketones is 1. The smallest absolute Gasteiger partial charge is 0.407 e. The normalized spacial score (nSPS) is 42.7. The van der Waals surface area contributed by atoms with E-state index < -0.39 is 35.9 Å². The Kier molecular flexibility index (Phi) is 9.47. The van der Waals surface area contributed by atoms with Gasteiger partial charge in [0, 0.05) is 31.2 Å². The van der Waals surface area contributed by atoms with Crippen molar-refractivity contribution >= 4 is 17.8 Å². The summed E-state index contributed by atoms with van der Waals surface area (Å²) in [5.74, 6) is -0.304. The minimum Gasteiger partial charge on any atom is -0.444 e. The van der Waals surface area contributed by atoms with Gasteiger partial charge >= 0.3 is 6.09 Å². The number of nitrogens with zero attached hydrogens (tertiary/aromatic N) is 3. The van der Waals surface area contributed by atoms with Gasteiger partial charge in [0.15, 0.2) is 5.78 Å². The van der Waals surface area contributed by atoms with Crippen LogP contribution in [0.2, 0.25) is 0 Å². The minimum absolute atomic E-state index is 0.0415. The van der Waals surface area contributed by atoms with E-state index in [1.54, 1.807) is 4.90 Å². The monoisotopic (exact) mass is 699 g/mol. The van der Waals surface area contributed by atoms with E-state index in [-0.39, 0.29) is 54.0 Å². The zero-order chi connectivity index (χ0) is 34.9. The van der Waals surface area contributed by atoms with E-state index in [0.717, 1.165) is 32.2 Å². The molecule has 0 radical (unpaired) electrons. The molecule has 2 amide bonds. The molecule has 2 N–H and O–H groups in total. The Bertz CT molecular complexity index is 1360. The second kappa shape index (κ2) is 13.6. The Labute approximate surface area is 296 Å². The first kappa shape index (κ1) is 34.8. The van der Waals surface area contributed by atoms with Crippen LogP contribution in [0.4, 0.5) is 9.18 Å². The fourth-order valence-electron chi connectivity index (χ4n) is 11.1. The molecule has 3 aliphatic carbocycles. The molecule has 0 aromatic heterocycles. The summed E-state index contributed by atoms with van der Waals surface area (Å²) in [6.07, 6.45) is 10.3. The number of morpholine rings is 1. The zero-order valence-electron chi connectivity index (χ0n) is 30.4. The zero-order valence-corrected chi connectivity index (χ0v) is 30.4. The Hall–Kier alpha value is -2.28. The van der Waals surface area contributed by atoms with Gasteiger partial charge in [0.1, 0.15) is 11.8 Å². The van der Waals surface area contributed by atoms with Gasteiger partial charge in [-0.15, -0.1) is 0 Å². The number of alkyl carbamates (subject to hydrolysis) is 1. The fraction of sp³-hybridized carbons (Fsp3) is 0.868. The number of likely N-dealkylation sites (tertiary alicyclic amines) is 2. The van der Waals surface area contributed by atoms with Crippen molar-refractivity contribution in [3.63, 3.8) is 0 Å². The average Bonchev–Trinajstić information content (AvgIpc) is 3.79. The number of fused-ring (bicyclic) bond motifs is 5. The lowest BCUT2D eigenvalue weighted by Gasteiger charge is -2.60. The maximum absolute atomic E-state index is 16.4. The largest absolute Gasteiger partial charge is 0.444 e. The van der Waals surface area contributed by atoms with Crippen molar-refractivity contribution in [2.75, 3.05) is 33.2 Å². The average molecular weight is 700 g/mol. The summed E-state index contributed by atoms with van der Waals surface area (Å²) in [5, 5.41) is 6.47. The number of ether oxygens (including phenoxy) is 3. The maximum atomic E-state index is 16.4. The van der Waals surface area contributed by atoms with Crippen molar-refractivity contribution in [3.8, 4) is 0 Å². The van der Waals surface area contributed by atoms with E-state index in [1.165, 1.54) is 32.1 Å². The third-order valence-electron chi connectivity index (χ3n) is 13.4. The summed E-state index contributed by atoms with van der Waals surface area (Å²) in [6, 6.07) is -0.650. The second-order valence-corrected chi connectivity index (χ2v) is 17.6. The molecule has 8 aliphatic rings. The lowest BCUT2D eigenvalue weighted by atomic mass is 9.67. The highest BCUT2D eigenvalue weighted by molar-refractivity contribution is 6.20. The van der Waals surface area contributed by atoms with Gasteiger partial charge in [-0.3, -0.25) is 9.59 Å². The number of alkyl halides is 1. The summed E-state index contributed by atoms with van der Waals surface area (Å²) >= 11 is 0. The molecule has 0 aromatic carbocycles. The van der Waals surface area contributed by atoms with Gasteiger partial charge in [0.25, 0.3) is 5.91 Å². The van der Waals surface area contributed by atoms with E-state index >= 15 is 4.39 Å². The van der Waals surface area contributed by atoms with Crippen LogP contribution in [0.15, 0.2) is 11.8 Å². The fourth-order valence-corrected chi connectivity index (χ4v) is 11.1. The van der Waals surface area contributed by atoms with E-state index in [1.807, 2.05) is 27.0 Å². The van der Waals surface area contributed by atoms with Crippen LogP contribution in [0.3, 0.4) is 0 Å². The van der Waals surface area contributed by atoms with E-state index in [9.17, 15) is 14.4 Å². The van der Waals surface area contributed by atoms with Crippen LogP contribution in [0, 0.1) is 17.8 Å². The number of nitrogens with one attached hydrogen (secondary N) is 2. The lowest BCUT2D eigenvalue weighted by molar-refractivity contribution is -0.209. The number of Topliss-reactive ketones (excluding diaryl/α,β-unsaturated/α-hetero) is 1. The van der Waals surface area contributed by atoms with Crippen molar-refractivity contribution in [1.29, 1.82) is 0 Å². The molecule has 12 heteroatoms. The molecule has 5 heterocycles. The van der Waals surface area contributed by atoms with Crippen molar-refractivity contribution in [2.24, 2.45) is 17.8 Å². The Morgan fingerprint density at radius 1 is 0.980 bits per heavy atom. The van der Waals surface area contributed by atoms with Crippen LogP contribution in [0.1, 0.15) is 91.4 Å². The number of rotatable bonds is 6. The highest BCUT2D eigenvalue weighted by Gasteiger charge is 2.61. The highest BCUT2D eigenvalue weighted by atomic mass is 19.1. The SMILES string of the molecule is CN1CCCC1CCNC1C(F)CC2C(=O)C(C(=O)N3CCC(NC(=O)OC(C)(C)C)C3)=CN3C4CC5OC6CCCCC6C5CC4OC1C23. The van der Waals surface area contributed by atoms with Gasteiger partial charge in [-0.05, 0) is 111 Å². The number of carbonyl (C=O) groups is 3. The van der Waals surface area contributed by atoms with Crippen LogP contribution in [-0.2, 0) is 23.8 Å². The number of amides is 2. The number of hydrogen-bond acceptors (Lipinski definition) is 9. The van der Waals surface area contributed by atoms with Crippen molar-refractivity contribution in [3.05, 3.63) is 11.8 Å². The first-order valence-corrected chi connectivity index (χ1v) is 19.7. The van der Waals surface area contributed by atoms with E-state index in [4.69, 9.17) is 14.2 Å². The lowest BCUT2D eigenvalue weighted by Crippen LogP contribution is -2.73. The Balaban J connectivity index is 1.04. The minimum atomic E-state index is -1.26. The summed E-state index contributed by atoms with van der Waals surface area (Å²) < 4.78 is 35.6. The van der Waals surface area contributed by atoms with Gasteiger partial charge in [-0.2, -0.15) is 0 Å². The molecule has 0 spiro atoms. The summed E-state index contributed by atoms with van der Waals surface area (Å²) in [7, 11) is 2.17. The molecule has 0 bridgehead atoms. The second-order valence-electron chi connectivity index (χ2n) is 17.6. The van der Waals surface area contributed by atoms with Crippen LogP contribution in [0.5, 0.6) is 0 Å². The van der Waals surface area contributed by atoms with Gasteiger partial charge in [0.05, 0.1) is 54.2 Å². The van der Waals surface area contributed by atoms with Crippen molar-refractivity contribution < 1.29 is 33.0 Å². The molecule has 50 heavy (non-hydrogen) atoms. The maximum Gasteiger partial charge on any atom is 0.407 e. The van der Waals surface area contributed by atoms with Crippen LogP contribution < -0.4 is 10.6 Å². The topological polar surface area (TPSA) is 113 Å². The Morgan fingerprint density at radius 2 is 1.80 bits per heavy atom. The molecule has 5 aliphatic heterocycles. The molecule has 4 saturated heterocycles. The van der Waals surface area contributed by atoms with Gasteiger partial charge in [-0.25, -0.2) is 9.18 Å². The Morgan fingerprint density at radius 3 is 2.58 bits per heavy atom. The quantitative estimate of drug-likeness (QED) is 0.402. The van der Waals surface area contributed by atoms with Crippen LogP contribution >= 0.6 is 0 Å². The number of halogens is 1.